The fourth-order valence-corrected chi connectivity index (χ4v) is 2.82. The summed E-state index contributed by atoms with van der Waals surface area (Å²) in [7, 11) is 0. The molecule has 0 radical (unpaired) electrons. The van der Waals surface area contributed by atoms with Gasteiger partial charge in [-0.15, -0.1) is 0 Å². The van der Waals surface area contributed by atoms with Crippen LogP contribution in [-0.2, 0) is 4.74 Å². The number of piperidine rings is 1. The van der Waals surface area contributed by atoms with Gasteiger partial charge in [0.2, 0.25) is 0 Å². The van der Waals surface area contributed by atoms with Crippen molar-refractivity contribution in [2.45, 2.75) is 39.2 Å². The average molecular weight is 324 g/mol. The summed E-state index contributed by atoms with van der Waals surface area (Å²) in [6, 6.07) is 12.3. The first-order chi connectivity index (χ1) is 11.4. The maximum atomic E-state index is 12.1. The predicted molar refractivity (Wildman–Crippen MR) is 96.8 cm³/mol. The molecule has 0 N–H and O–H groups in total. The maximum Gasteiger partial charge on any atom is 0.410 e. The summed E-state index contributed by atoms with van der Waals surface area (Å²) in [6.07, 6.45) is 3.67. The van der Waals surface area contributed by atoms with E-state index in [1.807, 2.05) is 39.0 Å². The van der Waals surface area contributed by atoms with Gasteiger partial charge in [0.15, 0.2) is 0 Å². The van der Waals surface area contributed by atoms with E-state index in [0.29, 0.717) is 13.1 Å². The molecule has 4 nitrogen and oxygen atoms in total. The van der Waals surface area contributed by atoms with Crippen LogP contribution in [0.2, 0.25) is 0 Å². The van der Waals surface area contributed by atoms with E-state index >= 15 is 0 Å². The quantitative estimate of drug-likeness (QED) is 0.767. The van der Waals surface area contributed by atoms with E-state index in [2.05, 4.69) is 24.3 Å². The SMILES string of the molecule is CC(C)(C)OC(=O)N1CCC(=Cc2ccc3ccccc3n2)CC1. The third-order valence-corrected chi connectivity index (χ3v) is 4.03. The second-order valence-corrected chi connectivity index (χ2v) is 7.20. The van der Waals surface area contributed by atoms with Crippen molar-refractivity contribution in [1.29, 1.82) is 0 Å². The predicted octanol–water partition coefficient (Wildman–Crippen LogP) is 4.65. The Morgan fingerprint density at radius 2 is 1.83 bits per heavy atom. The number of benzene rings is 1. The average Bonchev–Trinajstić information content (AvgIpc) is 2.54. The number of para-hydroxylation sites is 1. The van der Waals surface area contributed by atoms with Crippen molar-refractivity contribution in [1.82, 2.24) is 9.88 Å². The molecule has 1 fully saturated rings. The number of hydrogen-bond acceptors (Lipinski definition) is 3. The zero-order valence-corrected chi connectivity index (χ0v) is 14.6. The van der Waals surface area contributed by atoms with Gasteiger partial charge in [0, 0.05) is 18.5 Å². The van der Waals surface area contributed by atoms with Crippen LogP contribution in [-0.4, -0.2) is 34.7 Å². The first-order valence-corrected chi connectivity index (χ1v) is 8.44. The second-order valence-electron chi connectivity index (χ2n) is 7.20. The molecule has 4 heteroatoms. The molecule has 1 aromatic heterocycles. The molecule has 126 valence electrons. The van der Waals surface area contributed by atoms with E-state index in [9.17, 15) is 4.79 Å². The summed E-state index contributed by atoms with van der Waals surface area (Å²) < 4.78 is 5.43. The molecule has 0 saturated carbocycles. The number of amides is 1. The van der Waals surface area contributed by atoms with Crippen molar-refractivity contribution in [3.05, 3.63) is 47.7 Å². The lowest BCUT2D eigenvalue weighted by molar-refractivity contribution is 0.0237. The monoisotopic (exact) mass is 324 g/mol. The van der Waals surface area contributed by atoms with Crippen LogP contribution < -0.4 is 0 Å². The van der Waals surface area contributed by atoms with Crippen LogP contribution in [0.1, 0.15) is 39.3 Å². The maximum absolute atomic E-state index is 12.1. The lowest BCUT2D eigenvalue weighted by Crippen LogP contribution is -2.40. The van der Waals surface area contributed by atoms with Crippen LogP contribution in [0.4, 0.5) is 4.79 Å². The highest BCUT2D eigenvalue weighted by Gasteiger charge is 2.24. The third-order valence-electron chi connectivity index (χ3n) is 4.03. The van der Waals surface area contributed by atoms with Crippen molar-refractivity contribution >= 4 is 23.1 Å². The molecule has 0 atom stereocenters. The molecular weight excluding hydrogens is 300 g/mol. The van der Waals surface area contributed by atoms with Gasteiger partial charge in [-0.3, -0.25) is 0 Å². The molecule has 0 aliphatic carbocycles. The smallest absolute Gasteiger partial charge is 0.410 e. The first-order valence-electron chi connectivity index (χ1n) is 8.44. The molecule has 1 aliphatic heterocycles. The van der Waals surface area contributed by atoms with E-state index in [-0.39, 0.29) is 6.09 Å². The highest BCUT2D eigenvalue weighted by molar-refractivity contribution is 5.79. The minimum absolute atomic E-state index is 0.217. The number of carbonyl (C=O) groups is 1. The summed E-state index contributed by atoms with van der Waals surface area (Å²) in [5.41, 5.74) is 2.88. The molecular formula is C20H24N2O2. The normalized spacial score (nSPS) is 15.5. The Morgan fingerprint density at radius 1 is 1.12 bits per heavy atom. The summed E-state index contributed by atoms with van der Waals surface area (Å²) in [4.78, 5) is 18.6. The first kappa shape index (κ1) is 16.5. The van der Waals surface area contributed by atoms with Crippen LogP contribution in [0.25, 0.3) is 17.0 Å². The molecule has 0 unspecified atom stereocenters. The second kappa shape index (κ2) is 6.63. The number of likely N-dealkylation sites (tertiary alicyclic amines) is 1. The Morgan fingerprint density at radius 3 is 2.54 bits per heavy atom. The fraction of sp³-hybridized carbons (Fsp3) is 0.400. The van der Waals surface area contributed by atoms with E-state index in [1.54, 1.807) is 4.90 Å². The summed E-state index contributed by atoms with van der Waals surface area (Å²) in [6.45, 7) is 7.09. The lowest BCUT2D eigenvalue weighted by Gasteiger charge is -2.31. The van der Waals surface area contributed by atoms with Crippen molar-refractivity contribution < 1.29 is 9.53 Å². The van der Waals surface area contributed by atoms with E-state index < -0.39 is 5.60 Å². The molecule has 1 saturated heterocycles. The summed E-state index contributed by atoms with van der Waals surface area (Å²) >= 11 is 0. The molecule has 1 aliphatic rings. The van der Waals surface area contributed by atoms with Crippen LogP contribution >= 0.6 is 0 Å². The van der Waals surface area contributed by atoms with Gasteiger partial charge < -0.3 is 9.64 Å². The van der Waals surface area contributed by atoms with E-state index in [1.165, 1.54) is 5.57 Å². The van der Waals surface area contributed by atoms with Gasteiger partial charge >= 0.3 is 6.09 Å². The van der Waals surface area contributed by atoms with Crippen LogP contribution in [0.15, 0.2) is 42.0 Å². The van der Waals surface area contributed by atoms with Crippen molar-refractivity contribution in [3.63, 3.8) is 0 Å². The number of nitrogens with zero attached hydrogens (tertiary/aromatic N) is 2. The number of aromatic nitrogens is 1. The van der Waals surface area contributed by atoms with Gasteiger partial charge in [-0.25, -0.2) is 9.78 Å². The zero-order chi connectivity index (χ0) is 17.2. The Bertz CT molecular complexity index is 765. The molecule has 1 aromatic carbocycles. The number of fused-ring (bicyclic) bond motifs is 1. The molecule has 0 bridgehead atoms. The Hall–Kier alpha value is -2.36. The Balaban J connectivity index is 1.65. The topological polar surface area (TPSA) is 42.4 Å². The number of ether oxygens (including phenoxy) is 1. The number of rotatable bonds is 1. The van der Waals surface area contributed by atoms with Gasteiger partial charge in [-0.2, -0.15) is 0 Å². The van der Waals surface area contributed by atoms with Gasteiger partial charge in [0.25, 0.3) is 0 Å². The van der Waals surface area contributed by atoms with E-state index in [4.69, 9.17) is 9.72 Å². The van der Waals surface area contributed by atoms with Crippen molar-refractivity contribution in [3.8, 4) is 0 Å². The highest BCUT2D eigenvalue weighted by atomic mass is 16.6. The number of carbonyl (C=O) groups excluding carboxylic acids is 1. The number of hydrogen-bond donors (Lipinski definition) is 0. The Kier molecular flexibility index (Phi) is 4.56. The minimum Gasteiger partial charge on any atom is -0.444 e. The van der Waals surface area contributed by atoms with Crippen LogP contribution in [0.5, 0.6) is 0 Å². The highest BCUT2D eigenvalue weighted by Crippen LogP contribution is 2.22. The Labute approximate surface area is 143 Å². The summed E-state index contributed by atoms with van der Waals surface area (Å²) in [5, 5.41) is 1.15. The van der Waals surface area contributed by atoms with Gasteiger partial charge in [0.05, 0.1) is 11.2 Å². The van der Waals surface area contributed by atoms with Crippen LogP contribution in [0, 0.1) is 0 Å². The molecule has 0 spiro atoms. The largest absolute Gasteiger partial charge is 0.444 e. The zero-order valence-electron chi connectivity index (χ0n) is 14.6. The number of pyridine rings is 1. The van der Waals surface area contributed by atoms with Crippen molar-refractivity contribution in [2.75, 3.05) is 13.1 Å². The van der Waals surface area contributed by atoms with Crippen molar-refractivity contribution in [2.24, 2.45) is 0 Å². The summed E-state index contributed by atoms with van der Waals surface area (Å²) in [5.74, 6) is 0. The van der Waals surface area contributed by atoms with E-state index in [0.717, 1.165) is 29.4 Å². The fourth-order valence-electron chi connectivity index (χ4n) is 2.82. The standard InChI is InChI=1S/C20H24N2O2/c1-20(2,3)24-19(23)22-12-10-15(11-13-22)14-17-9-8-16-6-4-5-7-18(16)21-17/h4-9,14H,10-13H2,1-3H3. The third kappa shape index (κ3) is 4.13. The molecule has 2 aromatic rings. The van der Waals surface area contributed by atoms with Crippen LogP contribution in [0.3, 0.4) is 0 Å². The molecule has 3 rings (SSSR count). The lowest BCUT2D eigenvalue weighted by atomic mass is 10.0. The van der Waals surface area contributed by atoms with Gasteiger partial charge in [-0.05, 0) is 51.8 Å². The molecule has 1 amide bonds. The molecule has 24 heavy (non-hydrogen) atoms. The molecule has 2 heterocycles. The van der Waals surface area contributed by atoms with Gasteiger partial charge in [0.1, 0.15) is 5.60 Å². The van der Waals surface area contributed by atoms with Gasteiger partial charge in [-0.1, -0.05) is 29.8 Å². The minimum atomic E-state index is -0.442.